The maximum Gasteiger partial charge on any atom is 0.416 e. The van der Waals surface area contributed by atoms with Gasteiger partial charge in [0.25, 0.3) is 0 Å². The van der Waals surface area contributed by atoms with Crippen LogP contribution in [0.2, 0.25) is 0 Å². The first-order valence-electron chi connectivity index (χ1n) is 6.92. The molecule has 0 spiro atoms. The Kier molecular flexibility index (Phi) is 5.61. The summed E-state index contributed by atoms with van der Waals surface area (Å²) in [6, 6.07) is 10.0. The molecule has 0 saturated heterocycles. The lowest BCUT2D eigenvalue weighted by Crippen LogP contribution is -2.35. The van der Waals surface area contributed by atoms with Crippen LogP contribution in [0.4, 0.5) is 27.6 Å². The van der Waals surface area contributed by atoms with E-state index in [4.69, 9.17) is 9.84 Å². The molecule has 0 aromatic heterocycles. The summed E-state index contributed by atoms with van der Waals surface area (Å²) in [5, 5.41) is 11.1. The van der Waals surface area contributed by atoms with E-state index >= 15 is 0 Å². The minimum atomic E-state index is -4.84. The fourth-order valence-corrected chi connectivity index (χ4v) is 1.89. The summed E-state index contributed by atoms with van der Waals surface area (Å²) in [7, 11) is 0. The van der Waals surface area contributed by atoms with Crippen molar-refractivity contribution in [3.05, 3.63) is 59.7 Å². The van der Waals surface area contributed by atoms with Crippen LogP contribution in [-0.2, 0) is 6.61 Å². The summed E-state index contributed by atoms with van der Waals surface area (Å²) < 4.78 is 69.4. The predicted molar refractivity (Wildman–Crippen MR) is 77.7 cm³/mol. The van der Waals surface area contributed by atoms with E-state index in [9.17, 15) is 22.0 Å². The van der Waals surface area contributed by atoms with Gasteiger partial charge in [-0.3, -0.25) is 0 Å². The molecule has 0 aliphatic rings. The highest BCUT2D eigenvalue weighted by atomic mass is 19.4. The van der Waals surface area contributed by atoms with Crippen LogP contribution in [0.1, 0.15) is 5.56 Å². The van der Waals surface area contributed by atoms with Gasteiger partial charge in [0.1, 0.15) is 12.4 Å². The van der Waals surface area contributed by atoms with Gasteiger partial charge in [0.2, 0.25) is 0 Å². The number of rotatable bonds is 6. The van der Waals surface area contributed by atoms with E-state index < -0.39 is 36.2 Å². The predicted octanol–water partition coefficient (Wildman–Crippen LogP) is 3.88. The third-order valence-electron chi connectivity index (χ3n) is 3.10. The molecule has 0 aliphatic heterocycles. The van der Waals surface area contributed by atoms with Crippen LogP contribution in [0, 0.1) is 11.6 Å². The number of halogens is 5. The van der Waals surface area contributed by atoms with E-state index in [0.717, 1.165) is 6.07 Å². The van der Waals surface area contributed by atoms with Crippen molar-refractivity contribution in [2.75, 3.05) is 11.9 Å². The highest BCUT2D eigenvalue weighted by Gasteiger charge is 2.38. The number of hydrogen-bond acceptors (Lipinski definition) is 3. The van der Waals surface area contributed by atoms with Crippen LogP contribution < -0.4 is 10.1 Å². The Hall–Kier alpha value is -2.35. The van der Waals surface area contributed by atoms with Crippen LogP contribution >= 0.6 is 0 Å². The Morgan fingerprint density at radius 3 is 2.38 bits per heavy atom. The van der Waals surface area contributed by atoms with Crippen molar-refractivity contribution >= 4 is 5.69 Å². The van der Waals surface area contributed by atoms with Crippen LogP contribution in [0.25, 0.3) is 0 Å². The smallest absolute Gasteiger partial charge is 0.416 e. The van der Waals surface area contributed by atoms with Crippen molar-refractivity contribution in [2.24, 2.45) is 0 Å². The van der Waals surface area contributed by atoms with Crippen molar-refractivity contribution in [1.29, 1.82) is 0 Å². The summed E-state index contributed by atoms with van der Waals surface area (Å²) in [6.45, 7) is -1.02. The molecule has 3 nitrogen and oxygen atoms in total. The van der Waals surface area contributed by atoms with Gasteiger partial charge in [-0.05, 0) is 5.56 Å². The number of alkyl halides is 3. The van der Waals surface area contributed by atoms with Gasteiger partial charge in [0.15, 0.2) is 17.7 Å². The average molecular weight is 347 g/mol. The van der Waals surface area contributed by atoms with E-state index in [-0.39, 0.29) is 12.3 Å². The fourth-order valence-electron chi connectivity index (χ4n) is 1.89. The van der Waals surface area contributed by atoms with Crippen molar-refractivity contribution in [1.82, 2.24) is 0 Å². The molecule has 130 valence electrons. The van der Waals surface area contributed by atoms with Gasteiger partial charge >= 0.3 is 6.18 Å². The molecule has 0 aliphatic carbocycles. The fraction of sp³-hybridized carbons (Fsp3) is 0.250. The van der Waals surface area contributed by atoms with E-state index in [1.54, 1.807) is 30.3 Å². The van der Waals surface area contributed by atoms with Gasteiger partial charge in [-0.25, -0.2) is 8.78 Å². The zero-order valence-electron chi connectivity index (χ0n) is 12.3. The third kappa shape index (κ3) is 4.82. The molecular weight excluding hydrogens is 333 g/mol. The molecule has 2 N–H and O–H groups in total. The molecule has 0 fully saturated rings. The van der Waals surface area contributed by atoms with E-state index in [0.29, 0.717) is 11.6 Å². The Morgan fingerprint density at radius 1 is 1.08 bits per heavy atom. The minimum absolute atomic E-state index is 0.0557. The second kappa shape index (κ2) is 7.48. The first-order valence-corrected chi connectivity index (χ1v) is 6.92. The van der Waals surface area contributed by atoms with Crippen LogP contribution in [-0.4, -0.2) is 23.9 Å². The lowest BCUT2D eigenvalue weighted by Gasteiger charge is -2.18. The minimum Gasteiger partial charge on any atom is -0.484 e. The molecule has 1 atom stereocenters. The zero-order chi connectivity index (χ0) is 17.7. The van der Waals surface area contributed by atoms with Gasteiger partial charge in [-0.2, -0.15) is 13.2 Å². The largest absolute Gasteiger partial charge is 0.484 e. The van der Waals surface area contributed by atoms with Gasteiger partial charge < -0.3 is 15.2 Å². The van der Waals surface area contributed by atoms with Crippen molar-refractivity contribution in [2.45, 2.75) is 18.9 Å². The SMILES string of the molecule is OC(CNc1cc(F)cc(F)c1OCc1ccccc1)C(F)(F)F. The van der Waals surface area contributed by atoms with Crippen LogP contribution in [0.3, 0.4) is 0 Å². The summed E-state index contributed by atoms with van der Waals surface area (Å²) in [6.07, 6.45) is -7.52. The molecular formula is C16H14F5NO2. The highest BCUT2D eigenvalue weighted by Crippen LogP contribution is 2.31. The Bertz CT molecular complexity index is 676. The average Bonchev–Trinajstić information content (AvgIpc) is 2.51. The lowest BCUT2D eigenvalue weighted by atomic mass is 10.2. The highest BCUT2D eigenvalue weighted by molar-refractivity contribution is 5.57. The lowest BCUT2D eigenvalue weighted by molar-refractivity contribution is -0.198. The third-order valence-corrected chi connectivity index (χ3v) is 3.10. The molecule has 0 amide bonds. The van der Waals surface area contributed by atoms with E-state index in [1.807, 2.05) is 0 Å². The Morgan fingerprint density at radius 2 is 1.75 bits per heavy atom. The first kappa shape index (κ1) is 18.0. The molecule has 0 radical (unpaired) electrons. The van der Waals surface area contributed by atoms with Gasteiger partial charge in [-0.15, -0.1) is 0 Å². The Balaban J connectivity index is 2.14. The molecule has 2 rings (SSSR count). The first-order chi connectivity index (χ1) is 11.3. The Labute approximate surface area is 134 Å². The standard InChI is InChI=1S/C16H14F5NO2/c17-11-6-12(18)15(24-9-10-4-2-1-3-5-10)13(7-11)22-8-14(23)16(19,20)21/h1-7,14,22-23H,8-9H2. The number of aliphatic hydroxyl groups is 1. The number of aliphatic hydroxyl groups excluding tert-OH is 1. The molecule has 24 heavy (non-hydrogen) atoms. The number of anilines is 1. The summed E-state index contributed by atoms with van der Waals surface area (Å²) in [4.78, 5) is 0. The summed E-state index contributed by atoms with van der Waals surface area (Å²) in [5.74, 6) is -2.46. The second-order valence-electron chi connectivity index (χ2n) is 4.98. The molecule has 0 saturated carbocycles. The molecule has 0 bridgehead atoms. The summed E-state index contributed by atoms with van der Waals surface area (Å²) in [5.41, 5.74) is 0.384. The molecule has 0 heterocycles. The number of benzene rings is 2. The maximum atomic E-state index is 13.9. The normalized spacial score (nSPS) is 12.8. The van der Waals surface area contributed by atoms with E-state index in [1.165, 1.54) is 0 Å². The topological polar surface area (TPSA) is 41.5 Å². The van der Waals surface area contributed by atoms with Crippen molar-refractivity contribution < 1.29 is 31.8 Å². The van der Waals surface area contributed by atoms with Gasteiger partial charge in [0.05, 0.1) is 5.69 Å². The number of nitrogens with one attached hydrogen (secondary N) is 1. The maximum absolute atomic E-state index is 13.9. The van der Waals surface area contributed by atoms with Gasteiger partial charge in [-0.1, -0.05) is 30.3 Å². The van der Waals surface area contributed by atoms with E-state index in [2.05, 4.69) is 5.32 Å². The monoisotopic (exact) mass is 347 g/mol. The van der Waals surface area contributed by atoms with Gasteiger partial charge in [0, 0.05) is 18.7 Å². The molecule has 2 aromatic rings. The molecule has 1 unspecified atom stereocenters. The summed E-state index contributed by atoms with van der Waals surface area (Å²) >= 11 is 0. The molecule has 8 heteroatoms. The number of hydrogen-bond donors (Lipinski definition) is 2. The molecule has 2 aromatic carbocycles. The van der Waals surface area contributed by atoms with Crippen molar-refractivity contribution in [3.8, 4) is 5.75 Å². The quantitative estimate of drug-likeness (QED) is 0.780. The number of ether oxygens (including phenoxy) is 1. The van der Waals surface area contributed by atoms with Crippen LogP contribution in [0.5, 0.6) is 5.75 Å². The van der Waals surface area contributed by atoms with Crippen molar-refractivity contribution in [3.63, 3.8) is 0 Å². The zero-order valence-corrected chi connectivity index (χ0v) is 12.3. The second-order valence-corrected chi connectivity index (χ2v) is 4.98. The van der Waals surface area contributed by atoms with Crippen LogP contribution in [0.15, 0.2) is 42.5 Å².